The minimum atomic E-state index is -0.0940. The fourth-order valence-electron chi connectivity index (χ4n) is 2.02. The summed E-state index contributed by atoms with van der Waals surface area (Å²) in [5.41, 5.74) is 2.58. The van der Waals surface area contributed by atoms with Crippen molar-refractivity contribution in [3.63, 3.8) is 0 Å². The number of imidazole rings is 1. The molecule has 0 aliphatic rings. The second kappa shape index (κ2) is 5.52. The van der Waals surface area contributed by atoms with Gasteiger partial charge in [-0.3, -0.25) is 9.78 Å². The number of aromatic nitrogens is 3. The van der Waals surface area contributed by atoms with Crippen LogP contribution in [0, 0.1) is 0 Å². The van der Waals surface area contributed by atoms with E-state index < -0.39 is 0 Å². The molecule has 5 heteroatoms. The van der Waals surface area contributed by atoms with Crippen molar-refractivity contribution in [1.29, 1.82) is 0 Å². The van der Waals surface area contributed by atoms with Gasteiger partial charge in [-0.05, 0) is 24.3 Å². The van der Waals surface area contributed by atoms with Crippen molar-refractivity contribution in [3.8, 4) is 0 Å². The Morgan fingerprint density at radius 1 is 1.15 bits per heavy atom. The Balaban J connectivity index is 1.58. The Morgan fingerprint density at radius 3 is 2.75 bits per heavy atom. The molecule has 3 rings (SSSR count). The van der Waals surface area contributed by atoms with Crippen LogP contribution in [0.5, 0.6) is 0 Å². The van der Waals surface area contributed by atoms with E-state index in [0.29, 0.717) is 18.5 Å². The molecule has 0 saturated carbocycles. The van der Waals surface area contributed by atoms with Crippen LogP contribution >= 0.6 is 0 Å². The number of benzene rings is 1. The van der Waals surface area contributed by atoms with E-state index in [-0.39, 0.29) is 5.91 Å². The van der Waals surface area contributed by atoms with Crippen molar-refractivity contribution >= 4 is 16.9 Å². The lowest BCUT2D eigenvalue weighted by Gasteiger charge is -2.03. The van der Waals surface area contributed by atoms with Gasteiger partial charge in [-0.25, -0.2) is 4.98 Å². The quantitative estimate of drug-likeness (QED) is 0.758. The second-order valence-corrected chi connectivity index (χ2v) is 4.44. The molecule has 2 aromatic heterocycles. The molecule has 0 radical (unpaired) electrons. The molecule has 0 spiro atoms. The van der Waals surface area contributed by atoms with Gasteiger partial charge in [0.05, 0.1) is 11.0 Å². The van der Waals surface area contributed by atoms with Crippen LogP contribution in [0.25, 0.3) is 11.0 Å². The van der Waals surface area contributed by atoms with Gasteiger partial charge in [-0.2, -0.15) is 0 Å². The van der Waals surface area contributed by atoms with Gasteiger partial charge < -0.3 is 10.3 Å². The molecule has 3 aromatic rings. The molecule has 0 aliphatic carbocycles. The normalized spacial score (nSPS) is 10.6. The summed E-state index contributed by atoms with van der Waals surface area (Å²) in [6.45, 7) is 0.543. The Labute approximate surface area is 116 Å². The standard InChI is InChI=1S/C15H14N4O/c20-15(11-5-8-16-9-6-11)17-10-7-14-18-12-3-1-2-4-13(12)19-14/h1-6,8-9H,7,10H2,(H,17,20)(H,18,19). The zero-order valence-electron chi connectivity index (χ0n) is 10.8. The third-order valence-corrected chi connectivity index (χ3v) is 3.03. The van der Waals surface area contributed by atoms with Gasteiger partial charge in [0.25, 0.3) is 5.91 Å². The predicted molar refractivity (Wildman–Crippen MR) is 76.4 cm³/mol. The summed E-state index contributed by atoms with van der Waals surface area (Å²) >= 11 is 0. The Hall–Kier alpha value is -2.69. The SMILES string of the molecule is O=C(NCCc1nc2ccccc2[nH]1)c1ccncc1. The summed E-state index contributed by atoms with van der Waals surface area (Å²) in [5, 5.41) is 2.87. The van der Waals surface area contributed by atoms with Gasteiger partial charge in [0.2, 0.25) is 0 Å². The highest BCUT2D eigenvalue weighted by atomic mass is 16.1. The molecule has 1 aromatic carbocycles. The first-order valence-electron chi connectivity index (χ1n) is 6.45. The molecule has 5 nitrogen and oxygen atoms in total. The van der Waals surface area contributed by atoms with Gasteiger partial charge in [0.1, 0.15) is 5.82 Å². The number of carbonyl (C=O) groups is 1. The van der Waals surface area contributed by atoms with E-state index in [0.717, 1.165) is 16.9 Å². The Morgan fingerprint density at radius 2 is 1.95 bits per heavy atom. The summed E-state index contributed by atoms with van der Waals surface area (Å²) < 4.78 is 0. The van der Waals surface area contributed by atoms with Crippen LogP contribution in [0.4, 0.5) is 0 Å². The van der Waals surface area contributed by atoms with Crippen molar-refractivity contribution in [2.75, 3.05) is 6.54 Å². The number of hydrogen-bond donors (Lipinski definition) is 2. The monoisotopic (exact) mass is 266 g/mol. The lowest BCUT2D eigenvalue weighted by Crippen LogP contribution is -2.25. The summed E-state index contributed by atoms with van der Waals surface area (Å²) in [4.78, 5) is 23.4. The molecule has 0 fully saturated rings. The number of pyridine rings is 1. The van der Waals surface area contributed by atoms with E-state index in [1.807, 2.05) is 24.3 Å². The van der Waals surface area contributed by atoms with Crippen LogP contribution in [0.3, 0.4) is 0 Å². The van der Waals surface area contributed by atoms with Crippen molar-refractivity contribution in [2.45, 2.75) is 6.42 Å². The predicted octanol–water partition coefficient (Wildman–Crippen LogP) is 1.93. The lowest BCUT2D eigenvalue weighted by atomic mass is 10.2. The first-order valence-corrected chi connectivity index (χ1v) is 6.45. The highest BCUT2D eigenvalue weighted by molar-refractivity contribution is 5.93. The minimum absolute atomic E-state index is 0.0940. The maximum Gasteiger partial charge on any atom is 0.251 e. The maximum absolute atomic E-state index is 11.8. The number of para-hydroxylation sites is 2. The number of carbonyl (C=O) groups excluding carboxylic acids is 1. The highest BCUT2D eigenvalue weighted by Crippen LogP contribution is 2.10. The van der Waals surface area contributed by atoms with E-state index in [4.69, 9.17) is 0 Å². The lowest BCUT2D eigenvalue weighted by molar-refractivity contribution is 0.0954. The number of amides is 1. The molecule has 0 saturated heterocycles. The smallest absolute Gasteiger partial charge is 0.251 e. The molecule has 0 atom stereocenters. The van der Waals surface area contributed by atoms with Crippen LogP contribution < -0.4 is 5.32 Å². The van der Waals surface area contributed by atoms with E-state index in [9.17, 15) is 4.79 Å². The van der Waals surface area contributed by atoms with Crippen molar-refractivity contribution in [1.82, 2.24) is 20.3 Å². The maximum atomic E-state index is 11.8. The number of nitrogens with one attached hydrogen (secondary N) is 2. The van der Waals surface area contributed by atoms with Gasteiger partial charge in [0, 0.05) is 30.9 Å². The largest absolute Gasteiger partial charge is 0.352 e. The minimum Gasteiger partial charge on any atom is -0.352 e. The Bertz CT molecular complexity index is 688. The number of fused-ring (bicyclic) bond motifs is 1. The van der Waals surface area contributed by atoms with Crippen molar-refractivity contribution in [3.05, 3.63) is 60.2 Å². The molecule has 0 unspecified atom stereocenters. The number of aromatic amines is 1. The number of nitrogens with zero attached hydrogens (tertiary/aromatic N) is 2. The van der Waals surface area contributed by atoms with E-state index >= 15 is 0 Å². The summed E-state index contributed by atoms with van der Waals surface area (Å²) in [5.74, 6) is 0.782. The second-order valence-electron chi connectivity index (χ2n) is 4.44. The van der Waals surface area contributed by atoms with Gasteiger partial charge in [-0.1, -0.05) is 12.1 Å². The highest BCUT2D eigenvalue weighted by Gasteiger charge is 2.05. The van der Waals surface area contributed by atoms with E-state index in [1.165, 1.54) is 0 Å². The summed E-state index contributed by atoms with van der Waals surface area (Å²) in [6, 6.07) is 11.3. The van der Waals surface area contributed by atoms with Crippen molar-refractivity contribution < 1.29 is 4.79 Å². The van der Waals surface area contributed by atoms with E-state index in [2.05, 4.69) is 20.3 Å². The third-order valence-electron chi connectivity index (χ3n) is 3.03. The van der Waals surface area contributed by atoms with Crippen LogP contribution in [-0.2, 0) is 6.42 Å². The third kappa shape index (κ3) is 2.66. The number of rotatable bonds is 4. The Kier molecular flexibility index (Phi) is 3.41. The molecule has 100 valence electrons. The molecule has 0 aliphatic heterocycles. The van der Waals surface area contributed by atoms with Crippen LogP contribution in [0.1, 0.15) is 16.2 Å². The number of hydrogen-bond acceptors (Lipinski definition) is 3. The fraction of sp³-hybridized carbons (Fsp3) is 0.133. The first kappa shape index (κ1) is 12.3. The molecule has 1 amide bonds. The molecule has 20 heavy (non-hydrogen) atoms. The molecule has 0 bridgehead atoms. The molecule has 2 N–H and O–H groups in total. The summed E-state index contributed by atoms with van der Waals surface area (Å²) in [7, 11) is 0. The first-order chi connectivity index (χ1) is 9.83. The van der Waals surface area contributed by atoms with Crippen LogP contribution in [-0.4, -0.2) is 27.4 Å². The number of H-pyrrole nitrogens is 1. The molecular formula is C15H14N4O. The zero-order valence-corrected chi connectivity index (χ0v) is 10.8. The van der Waals surface area contributed by atoms with Gasteiger partial charge in [-0.15, -0.1) is 0 Å². The average Bonchev–Trinajstić information content (AvgIpc) is 2.90. The van der Waals surface area contributed by atoms with Crippen LogP contribution in [0.15, 0.2) is 48.8 Å². The molecular weight excluding hydrogens is 252 g/mol. The topological polar surface area (TPSA) is 70.7 Å². The average molecular weight is 266 g/mol. The van der Waals surface area contributed by atoms with Crippen LogP contribution in [0.2, 0.25) is 0 Å². The molecule has 2 heterocycles. The van der Waals surface area contributed by atoms with E-state index in [1.54, 1.807) is 24.5 Å². The van der Waals surface area contributed by atoms with Gasteiger partial charge in [0.15, 0.2) is 0 Å². The summed E-state index contributed by atoms with van der Waals surface area (Å²) in [6.07, 6.45) is 3.88. The van der Waals surface area contributed by atoms with Crippen molar-refractivity contribution in [2.24, 2.45) is 0 Å². The van der Waals surface area contributed by atoms with Gasteiger partial charge >= 0.3 is 0 Å². The zero-order chi connectivity index (χ0) is 13.8. The fourth-order valence-corrected chi connectivity index (χ4v) is 2.02.